The lowest BCUT2D eigenvalue weighted by molar-refractivity contribution is 0.602. The normalized spacial score (nSPS) is 11.4. The molecule has 0 saturated carbocycles. The van der Waals surface area contributed by atoms with Gasteiger partial charge in [-0.05, 0) is 35.9 Å². The van der Waals surface area contributed by atoms with E-state index < -0.39 is 15.7 Å². The number of aromatic nitrogens is 2. The molecule has 0 aliphatic carbocycles. The molecule has 2 aromatic carbocycles. The highest BCUT2D eigenvalue weighted by molar-refractivity contribution is 7.90. The first kappa shape index (κ1) is 16.1. The Morgan fingerprint density at radius 1 is 1.04 bits per heavy atom. The van der Waals surface area contributed by atoms with Crippen molar-refractivity contribution in [3.05, 3.63) is 77.0 Å². The summed E-state index contributed by atoms with van der Waals surface area (Å²) in [4.78, 5) is 11.9. The van der Waals surface area contributed by atoms with Crippen LogP contribution in [0.15, 0.2) is 70.5 Å². The van der Waals surface area contributed by atoms with Crippen LogP contribution in [0.25, 0.3) is 16.8 Å². The van der Waals surface area contributed by atoms with Gasteiger partial charge >= 0.3 is 0 Å². The maximum absolute atomic E-state index is 13.1. The summed E-state index contributed by atoms with van der Waals surface area (Å²) < 4.78 is 38.6. The molecule has 3 aromatic rings. The van der Waals surface area contributed by atoms with Crippen LogP contribution in [0, 0.1) is 5.82 Å². The van der Waals surface area contributed by atoms with E-state index in [1.165, 1.54) is 48.7 Å². The van der Waals surface area contributed by atoms with Crippen LogP contribution in [-0.2, 0) is 9.84 Å². The van der Waals surface area contributed by atoms with Crippen molar-refractivity contribution in [1.29, 1.82) is 0 Å². The quantitative estimate of drug-likeness (QED) is 0.732. The minimum absolute atomic E-state index is 0.0455. The molecule has 0 saturated heterocycles. The van der Waals surface area contributed by atoms with Crippen LogP contribution < -0.4 is 5.56 Å². The number of benzene rings is 2. The Morgan fingerprint density at radius 2 is 1.75 bits per heavy atom. The van der Waals surface area contributed by atoms with E-state index in [1.54, 1.807) is 12.1 Å². The van der Waals surface area contributed by atoms with Crippen LogP contribution >= 0.6 is 0 Å². The molecule has 0 amide bonds. The zero-order valence-electron chi connectivity index (χ0n) is 12.7. The predicted molar refractivity (Wildman–Crippen MR) is 88.3 cm³/mol. The van der Waals surface area contributed by atoms with Gasteiger partial charge in [0.15, 0.2) is 9.84 Å². The maximum atomic E-state index is 13.1. The fourth-order valence-electron chi connectivity index (χ4n) is 2.37. The third kappa shape index (κ3) is 3.11. The summed E-state index contributed by atoms with van der Waals surface area (Å²) in [5.41, 5.74) is 0.973. The third-order valence-electron chi connectivity index (χ3n) is 3.48. The molecule has 0 radical (unpaired) electrons. The molecule has 24 heavy (non-hydrogen) atoms. The fourth-order valence-corrected chi connectivity index (χ4v) is 3.29. The molecule has 0 atom stereocenters. The highest BCUT2D eigenvalue weighted by Crippen LogP contribution is 2.29. The largest absolute Gasteiger partial charge is 0.271 e. The zero-order valence-corrected chi connectivity index (χ0v) is 13.5. The van der Waals surface area contributed by atoms with Gasteiger partial charge in [-0.3, -0.25) is 4.79 Å². The number of nitrogens with zero attached hydrogens (tertiary/aromatic N) is 2. The van der Waals surface area contributed by atoms with Crippen LogP contribution in [0.4, 0.5) is 4.39 Å². The Balaban J connectivity index is 2.24. The Bertz CT molecular complexity index is 1060. The lowest BCUT2D eigenvalue weighted by Gasteiger charge is -2.11. The molecule has 0 spiro atoms. The SMILES string of the molecule is CS(=O)(=O)c1cc(-n2ncccc2=O)ccc1-c1ccc(F)cc1. The lowest BCUT2D eigenvalue weighted by Crippen LogP contribution is -2.19. The van der Waals surface area contributed by atoms with Crippen molar-refractivity contribution >= 4 is 9.84 Å². The third-order valence-corrected chi connectivity index (χ3v) is 4.62. The molecule has 0 aliphatic heterocycles. The number of sulfone groups is 1. The van der Waals surface area contributed by atoms with Crippen LogP contribution in [0.1, 0.15) is 0 Å². The summed E-state index contributed by atoms with van der Waals surface area (Å²) in [5.74, 6) is -0.406. The van der Waals surface area contributed by atoms with Crippen LogP contribution in [0.3, 0.4) is 0 Å². The van der Waals surface area contributed by atoms with E-state index in [-0.39, 0.29) is 10.5 Å². The monoisotopic (exact) mass is 344 g/mol. The summed E-state index contributed by atoms with van der Waals surface area (Å²) in [6.45, 7) is 0. The van der Waals surface area contributed by atoms with Crippen LogP contribution in [-0.4, -0.2) is 24.5 Å². The molecule has 0 unspecified atom stereocenters. The van der Waals surface area contributed by atoms with Gasteiger partial charge in [-0.1, -0.05) is 18.2 Å². The Kier molecular flexibility index (Phi) is 4.02. The van der Waals surface area contributed by atoms with Gasteiger partial charge in [-0.2, -0.15) is 9.78 Å². The molecular formula is C17H13FN2O3S. The molecule has 122 valence electrons. The fraction of sp³-hybridized carbons (Fsp3) is 0.0588. The number of rotatable bonds is 3. The second-order valence-electron chi connectivity index (χ2n) is 5.23. The molecule has 7 heteroatoms. The standard InChI is InChI=1S/C17H13FN2O3S/c1-24(22,23)16-11-14(20-17(21)3-2-10-19-20)8-9-15(16)12-4-6-13(18)7-5-12/h2-11H,1H3. The van der Waals surface area contributed by atoms with E-state index in [2.05, 4.69) is 5.10 Å². The first-order valence-electron chi connectivity index (χ1n) is 7.01. The number of hydrogen-bond donors (Lipinski definition) is 0. The summed E-state index contributed by atoms with van der Waals surface area (Å²) in [7, 11) is -3.57. The minimum Gasteiger partial charge on any atom is -0.267 e. The van der Waals surface area contributed by atoms with Crippen molar-refractivity contribution in [2.24, 2.45) is 0 Å². The van der Waals surface area contributed by atoms with E-state index in [0.717, 1.165) is 10.9 Å². The Hall–Kier alpha value is -2.80. The Morgan fingerprint density at radius 3 is 2.38 bits per heavy atom. The van der Waals surface area contributed by atoms with Crippen molar-refractivity contribution in [3.8, 4) is 16.8 Å². The Labute approximate surface area is 137 Å². The highest BCUT2D eigenvalue weighted by atomic mass is 32.2. The topological polar surface area (TPSA) is 69.0 Å². The molecule has 1 heterocycles. The second kappa shape index (κ2) is 6.01. The maximum Gasteiger partial charge on any atom is 0.271 e. The van der Waals surface area contributed by atoms with Gasteiger partial charge in [0.1, 0.15) is 5.82 Å². The molecule has 0 fully saturated rings. The van der Waals surface area contributed by atoms with Gasteiger partial charge in [0, 0.05) is 24.1 Å². The van der Waals surface area contributed by atoms with Crippen LogP contribution in [0.2, 0.25) is 0 Å². The summed E-state index contributed by atoms with van der Waals surface area (Å²) >= 11 is 0. The summed E-state index contributed by atoms with van der Waals surface area (Å²) in [6.07, 6.45) is 2.52. The zero-order chi connectivity index (χ0) is 17.3. The van der Waals surface area contributed by atoms with Crippen molar-refractivity contribution in [1.82, 2.24) is 9.78 Å². The summed E-state index contributed by atoms with van der Waals surface area (Å²) in [5, 5.41) is 3.95. The average Bonchev–Trinajstić information content (AvgIpc) is 2.55. The minimum atomic E-state index is -3.57. The average molecular weight is 344 g/mol. The van der Waals surface area contributed by atoms with Gasteiger partial charge in [0.05, 0.1) is 10.6 Å². The van der Waals surface area contributed by atoms with E-state index >= 15 is 0 Å². The molecule has 1 aromatic heterocycles. The first-order chi connectivity index (χ1) is 11.4. The number of hydrogen-bond acceptors (Lipinski definition) is 4. The molecule has 0 aliphatic rings. The van der Waals surface area contributed by atoms with Crippen molar-refractivity contribution in [2.45, 2.75) is 4.90 Å². The van der Waals surface area contributed by atoms with E-state index in [1.807, 2.05) is 0 Å². The van der Waals surface area contributed by atoms with E-state index in [9.17, 15) is 17.6 Å². The van der Waals surface area contributed by atoms with E-state index in [0.29, 0.717) is 16.8 Å². The second-order valence-corrected chi connectivity index (χ2v) is 7.22. The molecule has 0 N–H and O–H groups in total. The summed E-state index contributed by atoms with van der Waals surface area (Å²) in [6, 6.07) is 12.9. The number of halogens is 1. The van der Waals surface area contributed by atoms with Gasteiger partial charge < -0.3 is 0 Å². The molecule has 0 bridgehead atoms. The first-order valence-corrected chi connectivity index (χ1v) is 8.90. The van der Waals surface area contributed by atoms with Gasteiger partial charge in [-0.25, -0.2) is 12.8 Å². The van der Waals surface area contributed by atoms with Crippen molar-refractivity contribution in [2.75, 3.05) is 6.26 Å². The lowest BCUT2D eigenvalue weighted by atomic mass is 10.1. The van der Waals surface area contributed by atoms with E-state index in [4.69, 9.17) is 0 Å². The van der Waals surface area contributed by atoms with Crippen LogP contribution in [0.5, 0.6) is 0 Å². The predicted octanol–water partition coefficient (Wildman–Crippen LogP) is 2.44. The molecule has 5 nitrogen and oxygen atoms in total. The van der Waals surface area contributed by atoms with Crippen molar-refractivity contribution in [3.63, 3.8) is 0 Å². The smallest absolute Gasteiger partial charge is 0.267 e. The molecule has 3 rings (SSSR count). The van der Waals surface area contributed by atoms with Gasteiger partial charge in [0.25, 0.3) is 5.56 Å². The van der Waals surface area contributed by atoms with Gasteiger partial charge in [-0.15, -0.1) is 0 Å². The van der Waals surface area contributed by atoms with Crippen molar-refractivity contribution < 1.29 is 12.8 Å². The molecular weight excluding hydrogens is 331 g/mol. The van der Waals surface area contributed by atoms with Gasteiger partial charge in [0.2, 0.25) is 0 Å². The highest BCUT2D eigenvalue weighted by Gasteiger charge is 2.17.